The molecule has 0 fully saturated rings. The summed E-state index contributed by atoms with van der Waals surface area (Å²) in [6, 6.07) is 8.37. The van der Waals surface area contributed by atoms with E-state index in [1.165, 1.54) is 24.5 Å². The maximum Gasteiger partial charge on any atom is 0.264 e. The van der Waals surface area contributed by atoms with E-state index in [9.17, 15) is 9.18 Å². The topological polar surface area (TPSA) is 29.5 Å². The number of nitrogens with zero attached hydrogens (tertiary/aromatic N) is 1. The molecule has 0 spiro atoms. The van der Waals surface area contributed by atoms with Gasteiger partial charge >= 0.3 is 0 Å². The Bertz CT molecular complexity index is 644. The maximum absolute atomic E-state index is 13.7. The number of thiophene rings is 1. The standard InChI is InChI=1S/C15H15BrFNO2S/c1-3-18(15(19)13-6-7-14(16)21-13)9-10-4-5-12(20-2)11(17)8-10/h4-8H,3,9H2,1-2H3. The van der Waals surface area contributed by atoms with Crippen LogP contribution in [0.5, 0.6) is 5.75 Å². The number of ether oxygens (including phenoxy) is 1. The zero-order valence-electron chi connectivity index (χ0n) is 11.7. The third kappa shape index (κ3) is 3.83. The van der Waals surface area contributed by atoms with E-state index in [4.69, 9.17) is 4.74 Å². The lowest BCUT2D eigenvalue weighted by Gasteiger charge is -2.20. The molecule has 1 aromatic carbocycles. The van der Waals surface area contributed by atoms with Gasteiger partial charge in [0.1, 0.15) is 0 Å². The fourth-order valence-electron chi connectivity index (χ4n) is 1.94. The van der Waals surface area contributed by atoms with Crippen molar-refractivity contribution in [3.05, 3.63) is 50.4 Å². The van der Waals surface area contributed by atoms with Crippen molar-refractivity contribution in [3.63, 3.8) is 0 Å². The van der Waals surface area contributed by atoms with Crippen LogP contribution in [0.4, 0.5) is 4.39 Å². The van der Waals surface area contributed by atoms with E-state index in [0.29, 0.717) is 18.0 Å². The zero-order chi connectivity index (χ0) is 15.4. The first-order valence-electron chi connectivity index (χ1n) is 6.42. The zero-order valence-corrected chi connectivity index (χ0v) is 14.1. The molecule has 1 amide bonds. The first-order chi connectivity index (χ1) is 10.0. The van der Waals surface area contributed by atoms with Crippen molar-refractivity contribution in [3.8, 4) is 5.75 Å². The van der Waals surface area contributed by atoms with Crippen molar-refractivity contribution in [1.29, 1.82) is 0 Å². The van der Waals surface area contributed by atoms with Crippen LogP contribution in [-0.4, -0.2) is 24.5 Å². The van der Waals surface area contributed by atoms with Crippen LogP contribution in [0, 0.1) is 5.82 Å². The summed E-state index contributed by atoms with van der Waals surface area (Å²) >= 11 is 4.74. The number of hydrogen-bond acceptors (Lipinski definition) is 3. The highest BCUT2D eigenvalue weighted by Gasteiger charge is 2.17. The fourth-order valence-corrected chi connectivity index (χ4v) is 3.29. The second-order valence-corrected chi connectivity index (χ2v) is 6.85. The Morgan fingerprint density at radius 1 is 1.38 bits per heavy atom. The average Bonchev–Trinajstić information content (AvgIpc) is 2.91. The first kappa shape index (κ1) is 16.0. The number of methoxy groups -OCH3 is 1. The number of benzene rings is 1. The molecule has 0 aliphatic heterocycles. The minimum absolute atomic E-state index is 0.0515. The van der Waals surface area contributed by atoms with Gasteiger partial charge in [0.15, 0.2) is 11.6 Å². The Labute approximate surface area is 135 Å². The molecular formula is C15H15BrFNO2S. The summed E-state index contributed by atoms with van der Waals surface area (Å²) in [4.78, 5) is 14.7. The number of halogens is 2. The summed E-state index contributed by atoms with van der Waals surface area (Å²) in [6.45, 7) is 2.83. The highest BCUT2D eigenvalue weighted by Crippen LogP contribution is 2.24. The third-order valence-corrected chi connectivity index (χ3v) is 4.65. The molecule has 112 valence electrons. The molecule has 2 rings (SSSR count). The molecule has 0 aliphatic rings. The highest BCUT2D eigenvalue weighted by molar-refractivity contribution is 9.11. The summed E-state index contributed by atoms with van der Waals surface area (Å²) in [6.07, 6.45) is 0. The molecule has 0 aliphatic carbocycles. The van der Waals surface area contributed by atoms with E-state index in [-0.39, 0.29) is 11.7 Å². The van der Waals surface area contributed by atoms with Crippen molar-refractivity contribution < 1.29 is 13.9 Å². The van der Waals surface area contributed by atoms with E-state index in [2.05, 4.69) is 15.9 Å². The monoisotopic (exact) mass is 371 g/mol. The molecule has 3 nitrogen and oxygen atoms in total. The molecule has 1 heterocycles. The largest absolute Gasteiger partial charge is 0.494 e. The van der Waals surface area contributed by atoms with Crippen LogP contribution in [0.1, 0.15) is 22.2 Å². The number of amides is 1. The van der Waals surface area contributed by atoms with Gasteiger partial charge < -0.3 is 9.64 Å². The SMILES string of the molecule is CCN(Cc1ccc(OC)c(F)c1)C(=O)c1ccc(Br)s1. The summed E-state index contributed by atoms with van der Waals surface area (Å²) in [5, 5.41) is 0. The van der Waals surface area contributed by atoms with Gasteiger partial charge in [0.05, 0.1) is 15.8 Å². The van der Waals surface area contributed by atoms with E-state index in [1.807, 2.05) is 13.0 Å². The van der Waals surface area contributed by atoms with Crippen LogP contribution >= 0.6 is 27.3 Å². The average molecular weight is 372 g/mol. The second-order valence-electron chi connectivity index (χ2n) is 4.39. The van der Waals surface area contributed by atoms with Gasteiger partial charge in [0.2, 0.25) is 0 Å². The summed E-state index contributed by atoms with van der Waals surface area (Å²) in [5.41, 5.74) is 0.735. The Morgan fingerprint density at radius 2 is 2.14 bits per heavy atom. The van der Waals surface area contributed by atoms with Crippen LogP contribution in [0.15, 0.2) is 34.1 Å². The highest BCUT2D eigenvalue weighted by atomic mass is 79.9. The Kier molecular flexibility index (Phi) is 5.36. The number of hydrogen-bond donors (Lipinski definition) is 0. The molecule has 0 bridgehead atoms. The van der Waals surface area contributed by atoms with Crippen molar-refractivity contribution in [2.45, 2.75) is 13.5 Å². The summed E-state index contributed by atoms with van der Waals surface area (Å²) in [7, 11) is 1.43. The van der Waals surface area contributed by atoms with Gasteiger partial charge in [-0.3, -0.25) is 4.79 Å². The normalized spacial score (nSPS) is 10.5. The summed E-state index contributed by atoms with van der Waals surface area (Å²) in [5.74, 6) is -0.267. The van der Waals surface area contributed by atoms with E-state index >= 15 is 0 Å². The molecule has 0 N–H and O–H groups in total. The Hall–Kier alpha value is -1.40. The third-order valence-electron chi connectivity index (χ3n) is 3.04. The molecule has 0 saturated heterocycles. The van der Waals surface area contributed by atoms with Gasteiger partial charge in [-0.25, -0.2) is 4.39 Å². The van der Waals surface area contributed by atoms with Crippen molar-refractivity contribution in [1.82, 2.24) is 4.90 Å². The van der Waals surface area contributed by atoms with Gasteiger partial charge in [0.25, 0.3) is 5.91 Å². The molecular weight excluding hydrogens is 357 g/mol. The maximum atomic E-state index is 13.7. The van der Waals surface area contributed by atoms with Gasteiger partial charge in [-0.05, 0) is 52.7 Å². The molecule has 1 aromatic heterocycles. The van der Waals surface area contributed by atoms with E-state index < -0.39 is 5.82 Å². The van der Waals surface area contributed by atoms with Crippen LogP contribution in [0.25, 0.3) is 0 Å². The van der Waals surface area contributed by atoms with Crippen molar-refractivity contribution in [2.75, 3.05) is 13.7 Å². The molecule has 2 aromatic rings. The van der Waals surface area contributed by atoms with Crippen molar-refractivity contribution >= 4 is 33.2 Å². The number of carbonyl (C=O) groups excluding carboxylic acids is 1. The first-order valence-corrected chi connectivity index (χ1v) is 8.03. The minimum Gasteiger partial charge on any atom is -0.494 e. The lowest BCUT2D eigenvalue weighted by molar-refractivity contribution is 0.0757. The van der Waals surface area contributed by atoms with Crippen LogP contribution in [0.2, 0.25) is 0 Å². The lowest BCUT2D eigenvalue weighted by atomic mass is 10.2. The van der Waals surface area contributed by atoms with Gasteiger partial charge in [0, 0.05) is 13.1 Å². The minimum atomic E-state index is -0.419. The fraction of sp³-hybridized carbons (Fsp3) is 0.267. The Morgan fingerprint density at radius 3 is 2.67 bits per heavy atom. The van der Waals surface area contributed by atoms with Crippen LogP contribution in [-0.2, 0) is 6.54 Å². The second kappa shape index (κ2) is 7.04. The van der Waals surface area contributed by atoms with Gasteiger partial charge in [-0.15, -0.1) is 11.3 Å². The lowest BCUT2D eigenvalue weighted by Crippen LogP contribution is -2.29. The molecule has 0 radical (unpaired) electrons. The number of rotatable bonds is 5. The predicted molar refractivity (Wildman–Crippen MR) is 85.4 cm³/mol. The summed E-state index contributed by atoms with van der Waals surface area (Å²) < 4.78 is 19.5. The molecule has 0 saturated carbocycles. The van der Waals surface area contributed by atoms with Crippen molar-refractivity contribution in [2.24, 2.45) is 0 Å². The number of carbonyl (C=O) groups is 1. The van der Waals surface area contributed by atoms with Gasteiger partial charge in [-0.1, -0.05) is 6.07 Å². The molecule has 0 atom stereocenters. The molecule has 6 heteroatoms. The van der Waals surface area contributed by atoms with Crippen LogP contribution < -0.4 is 4.74 Å². The Balaban J connectivity index is 2.15. The molecule has 21 heavy (non-hydrogen) atoms. The van der Waals surface area contributed by atoms with Gasteiger partial charge in [-0.2, -0.15) is 0 Å². The smallest absolute Gasteiger partial charge is 0.264 e. The quantitative estimate of drug-likeness (QED) is 0.782. The van der Waals surface area contributed by atoms with E-state index in [1.54, 1.807) is 23.1 Å². The molecule has 0 unspecified atom stereocenters. The van der Waals surface area contributed by atoms with E-state index in [0.717, 1.165) is 9.35 Å². The van der Waals surface area contributed by atoms with Crippen LogP contribution in [0.3, 0.4) is 0 Å². The predicted octanol–water partition coefficient (Wildman–Crippen LogP) is 4.32.